The van der Waals surface area contributed by atoms with Crippen LogP contribution in [0.25, 0.3) is 0 Å². The minimum atomic E-state index is 0.782. The average molecular weight is 300 g/mol. The summed E-state index contributed by atoms with van der Waals surface area (Å²) in [6.07, 6.45) is 0. The normalized spacial score (nSPS) is 49.9. The molecule has 0 aromatic rings. The number of fused-ring (bicyclic) bond motifs is 1. The van der Waals surface area contributed by atoms with Crippen LogP contribution in [0.15, 0.2) is 22.3 Å². The molecule has 76 valence electrons. The molecule has 0 saturated carbocycles. The van der Waals surface area contributed by atoms with Crippen LogP contribution in [0.4, 0.5) is 0 Å². The second-order valence-electron chi connectivity index (χ2n) is 5.23. The number of hydrogen-bond donors (Lipinski definition) is 0. The van der Waals surface area contributed by atoms with Gasteiger partial charge < -0.3 is 0 Å². The summed E-state index contributed by atoms with van der Waals surface area (Å²) in [7, 11) is 0. The van der Waals surface area contributed by atoms with Crippen LogP contribution in [0, 0.1) is 23.7 Å². The van der Waals surface area contributed by atoms with Crippen LogP contribution in [0.3, 0.4) is 0 Å². The summed E-state index contributed by atoms with van der Waals surface area (Å²) in [6, 6.07) is 0. The molecule has 0 fully saturated rings. The fraction of sp³-hybridized carbons (Fsp3) is 0.692. The van der Waals surface area contributed by atoms with E-state index in [1.165, 1.54) is 0 Å². The third kappa shape index (κ3) is 0.785. The smallest absolute Gasteiger partial charge is 0.0396 e. The highest BCUT2D eigenvalue weighted by molar-refractivity contribution is 14.1. The Bertz CT molecular complexity index is 339. The van der Waals surface area contributed by atoms with E-state index >= 15 is 0 Å². The van der Waals surface area contributed by atoms with E-state index in [-0.39, 0.29) is 0 Å². The summed E-state index contributed by atoms with van der Waals surface area (Å²) < 4.78 is 0.822. The highest BCUT2D eigenvalue weighted by atomic mass is 127. The van der Waals surface area contributed by atoms with Gasteiger partial charge in [-0.3, -0.25) is 0 Å². The Morgan fingerprint density at radius 3 is 2.00 bits per heavy atom. The van der Waals surface area contributed by atoms with Crippen molar-refractivity contribution in [3.63, 3.8) is 0 Å². The van der Waals surface area contributed by atoms with Crippen molar-refractivity contribution in [2.75, 3.05) is 0 Å². The minimum absolute atomic E-state index is 0.782. The van der Waals surface area contributed by atoms with Gasteiger partial charge in [0.25, 0.3) is 0 Å². The van der Waals surface area contributed by atoms with Crippen LogP contribution < -0.4 is 0 Å². The lowest BCUT2D eigenvalue weighted by atomic mass is 9.66. The molecule has 0 aromatic carbocycles. The quantitative estimate of drug-likeness (QED) is 0.469. The highest BCUT2D eigenvalue weighted by Gasteiger charge is 2.53. The van der Waals surface area contributed by atoms with Gasteiger partial charge in [-0.25, -0.2) is 0 Å². The molecule has 3 aliphatic rings. The number of allylic oxidation sites excluding steroid dienone is 4. The molecule has 0 aromatic heterocycles. The van der Waals surface area contributed by atoms with Gasteiger partial charge in [-0.1, -0.05) is 55.9 Å². The molecule has 3 aliphatic carbocycles. The molecule has 5 atom stereocenters. The first-order valence-electron chi connectivity index (χ1n) is 5.68. The molecule has 1 heteroatoms. The highest BCUT2D eigenvalue weighted by Crippen LogP contribution is 2.63. The Morgan fingerprint density at radius 1 is 0.786 bits per heavy atom. The van der Waals surface area contributed by atoms with Crippen LogP contribution in [-0.4, -0.2) is 3.92 Å². The number of rotatable bonds is 0. The molecule has 2 unspecified atom stereocenters. The zero-order valence-corrected chi connectivity index (χ0v) is 11.4. The maximum atomic E-state index is 2.63. The molecular weight excluding hydrogens is 283 g/mol. The summed E-state index contributed by atoms with van der Waals surface area (Å²) in [5.74, 6) is 3.30. The summed E-state index contributed by atoms with van der Waals surface area (Å²) >= 11 is 2.63. The van der Waals surface area contributed by atoms with E-state index in [1.807, 2.05) is 0 Å². The van der Waals surface area contributed by atoms with Crippen LogP contribution >= 0.6 is 22.6 Å². The maximum absolute atomic E-state index is 2.63. The van der Waals surface area contributed by atoms with Crippen molar-refractivity contribution in [2.45, 2.75) is 31.6 Å². The van der Waals surface area contributed by atoms with Crippen LogP contribution in [0.1, 0.15) is 27.7 Å². The zero-order valence-electron chi connectivity index (χ0n) is 9.26. The largest absolute Gasteiger partial charge is 0.0771 e. The summed E-state index contributed by atoms with van der Waals surface area (Å²) in [5, 5.41) is 0. The Hall–Kier alpha value is 0.210. The van der Waals surface area contributed by atoms with Crippen molar-refractivity contribution >= 4 is 22.6 Å². The number of halogens is 1. The third-order valence-electron chi connectivity index (χ3n) is 4.73. The van der Waals surface area contributed by atoms with Gasteiger partial charge in [0.1, 0.15) is 0 Å². The van der Waals surface area contributed by atoms with Crippen molar-refractivity contribution in [1.29, 1.82) is 0 Å². The molecule has 0 heterocycles. The predicted molar refractivity (Wildman–Crippen MR) is 68.5 cm³/mol. The van der Waals surface area contributed by atoms with Crippen molar-refractivity contribution in [3.8, 4) is 0 Å². The van der Waals surface area contributed by atoms with Crippen molar-refractivity contribution < 1.29 is 0 Å². The lowest BCUT2D eigenvalue weighted by molar-refractivity contribution is 0.410. The van der Waals surface area contributed by atoms with Gasteiger partial charge in [-0.15, -0.1) is 0 Å². The lowest BCUT2D eigenvalue weighted by Gasteiger charge is -2.40. The van der Waals surface area contributed by atoms with Crippen molar-refractivity contribution in [3.05, 3.63) is 22.3 Å². The van der Waals surface area contributed by atoms with Crippen molar-refractivity contribution in [1.82, 2.24) is 0 Å². The third-order valence-corrected chi connectivity index (χ3v) is 6.48. The van der Waals surface area contributed by atoms with E-state index in [4.69, 9.17) is 0 Å². The second-order valence-corrected chi connectivity index (χ2v) is 6.57. The maximum Gasteiger partial charge on any atom is 0.0396 e. The van der Waals surface area contributed by atoms with Crippen LogP contribution in [0.5, 0.6) is 0 Å². The van der Waals surface area contributed by atoms with E-state index in [9.17, 15) is 0 Å². The number of hydrogen-bond acceptors (Lipinski definition) is 0. The Kier molecular flexibility index (Phi) is 1.79. The zero-order chi connectivity index (χ0) is 10.2. The Morgan fingerprint density at radius 2 is 1.36 bits per heavy atom. The lowest BCUT2D eigenvalue weighted by Crippen LogP contribution is -2.31. The molecule has 0 radical (unpaired) electrons. The van der Waals surface area contributed by atoms with E-state index < -0.39 is 0 Å². The fourth-order valence-electron chi connectivity index (χ4n) is 3.73. The van der Waals surface area contributed by atoms with Gasteiger partial charge in [0.15, 0.2) is 0 Å². The van der Waals surface area contributed by atoms with E-state index in [0.29, 0.717) is 0 Å². The number of alkyl halides is 1. The molecule has 14 heavy (non-hydrogen) atoms. The van der Waals surface area contributed by atoms with Gasteiger partial charge in [-0.05, 0) is 34.5 Å². The predicted octanol–water partition coefficient (Wildman–Crippen LogP) is 3.97. The molecule has 0 saturated heterocycles. The van der Waals surface area contributed by atoms with Crippen LogP contribution in [0.2, 0.25) is 0 Å². The molecular formula is C13H17I. The molecule has 0 nitrogen and oxygen atoms in total. The topological polar surface area (TPSA) is 0 Å². The molecule has 3 rings (SSSR count). The summed E-state index contributed by atoms with van der Waals surface area (Å²) in [5.41, 5.74) is 7.09. The Labute approximate surface area is 100.0 Å². The Balaban J connectivity index is 2.08. The van der Waals surface area contributed by atoms with E-state index in [0.717, 1.165) is 27.6 Å². The van der Waals surface area contributed by atoms with Gasteiger partial charge >= 0.3 is 0 Å². The molecule has 0 amide bonds. The molecule has 0 N–H and O–H groups in total. The molecule has 0 spiro atoms. The van der Waals surface area contributed by atoms with E-state index in [1.54, 1.807) is 22.3 Å². The first-order chi connectivity index (χ1) is 6.55. The summed E-state index contributed by atoms with van der Waals surface area (Å²) in [4.78, 5) is 0. The summed E-state index contributed by atoms with van der Waals surface area (Å²) in [6.45, 7) is 9.62. The monoisotopic (exact) mass is 300 g/mol. The average Bonchev–Trinajstić information content (AvgIpc) is 2.44. The molecule has 0 aliphatic heterocycles. The SMILES string of the molecule is CC1C2=C(C3=C1[C@H](I)C3C)[C@H](C)[C@@H]2C. The standard InChI is InChI=1S/C13H17I/c1-5-6(2)10-9(5)7(3)12-11(10)8(4)13(12)14/h5-8,13H,1-4H3/t5-,6+,7?,8?,13+/m0/s1. The second kappa shape index (κ2) is 2.66. The molecule has 0 bridgehead atoms. The first-order valence-corrected chi connectivity index (χ1v) is 6.92. The van der Waals surface area contributed by atoms with E-state index in [2.05, 4.69) is 50.3 Å². The van der Waals surface area contributed by atoms with Crippen molar-refractivity contribution in [2.24, 2.45) is 23.7 Å². The minimum Gasteiger partial charge on any atom is -0.0771 e. The van der Waals surface area contributed by atoms with Gasteiger partial charge in [-0.2, -0.15) is 0 Å². The van der Waals surface area contributed by atoms with Gasteiger partial charge in [0.05, 0.1) is 0 Å². The van der Waals surface area contributed by atoms with Crippen LogP contribution in [-0.2, 0) is 0 Å². The fourth-order valence-corrected chi connectivity index (χ4v) is 4.97. The first kappa shape index (κ1) is 9.44. The van der Waals surface area contributed by atoms with Gasteiger partial charge in [0, 0.05) is 9.84 Å². The van der Waals surface area contributed by atoms with Gasteiger partial charge in [0.2, 0.25) is 0 Å².